The molecule has 2 aliphatic rings. The molecule has 0 N–H and O–H groups in total. The topological polar surface area (TPSA) is 50.6 Å². The van der Waals surface area contributed by atoms with Crippen LogP contribution in [0.5, 0.6) is 5.75 Å². The molecule has 5 rings (SSSR count). The SMILES string of the molecule is CN(C)C(=O)c1ccc2c(ccn2-c2ccc(OC3CCN(CC4CC4)CC3)cn2)c1. The van der Waals surface area contributed by atoms with E-state index in [1.54, 1.807) is 19.0 Å². The van der Waals surface area contributed by atoms with Crippen LogP contribution in [0.4, 0.5) is 0 Å². The van der Waals surface area contributed by atoms with Crippen LogP contribution >= 0.6 is 0 Å². The molecule has 0 spiro atoms. The number of likely N-dealkylation sites (tertiary alicyclic amines) is 1. The van der Waals surface area contributed by atoms with Gasteiger partial charge in [0.05, 0.1) is 11.7 Å². The molecule has 0 unspecified atom stereocenters. The van der Waals surface area contributed by atoms with Gasteiger partial charge in [0.2, 0.25) is 0 Å². The molecule has 1 saturated heterocycles. The van der Waals surface area contributed by atoms with Gasteiger partial charge in [0.25, 0.3) is 5.91 Å². The Bertz CT molecular complexity index is 1060. The third kappa shape index (κ3) is 4.44. The average Bonchev–Trinajstić information content (AvgIpc) is 3.50. The Morgan fingerprint density at radius 1 is 1.10 bits per heavy atom. The summed E-state index contributed by atoms with van der Waals surface area (Å²) < 4.78 is 8.25. The van der Waals surface area contributed by atoms with Crippen LogP contribution in [0.1, 0.15) is 36.0 Å². The summed E-state index contributed by atoms with van der Waals surface area (Å²) in [6, 6.07) is 11.8. The minimum atomic E-state index is 0.00708. The van der Waals surface area contributed by atoms with Crippen molar-refractivity contribution < 1.29 is 9.53 Å². The zero-order valence-electron chi connectivity index (χ0n) is 18.3. The highest BCUT2D eigenvalue weighted by atomic mass is 16.5. The fourth-order valence-electron chi connectivity index (χ4n) is 4.39. The van der Waals surface area contributed by atoms with Gasteiger partial charge < -0.3 is 19.1 Å². The predicted molar refractivity (Wildman–Crippen MR) is 122 cm³/mol. The Labute approximate surface area is 183 Å². The molecular formula is C25H30N4O2. The smallest absolute Gasteiger partial charge is 0.253 e. The standard InChI is InChI=1S/C25H30N4O2/c1-27(2)25(30)20-5-7-23-19(15-20)9-14-29(23)24-8-6-22(16-26-24)31-21-10-12-28(13-11-21)17-18-3-4-18/h5-9,14-16,18,21H,3-4,10-13,17H2,1-2H3. The molecule has 1 aromatic carbocycles. The number of carbonyl (C=O) groups is 1. The summed E-state index contributed by atoms with van der Waals surface area (Å²) in [4.78, 5) is 21.0. The van der Waals surface area contributed by atoms with Crippen LogP contribution in [0, 0.1) is 5.92 Å². The van der Waals surface area contributed by atoms with Gasteiger partial charge in [-0.1, -0.05) is 0 Å². The zero-order valence-corrected chi connectivity index (χ0v) is 18.3. The van der Waals surface area contributed by atoms with Crippen LogP contribution < -0.4 is 4.74 Å². The van der Waals surface area contributed by atoms with E-state index in [4.69, 9.17) is 4.74 Å². The van der Waals surface area contributed by atoms with E-state index in [2.05, 4.69) is 9.88 Å². The van der Waals surface area contributed by atoms with E-state index < -0.39 is 0 Å². The van der Waals surface area contributed by atoms with Gasteiger partial charge in [-0.15, -0.1) is 0 Å². The lowest BCUT2D eigenvalue weighted by Gasteiger charge is -2.32. The summed E-state index contributed by atoms with van der Waals surface area (Å²) in [5.41, 5.74) is 1.72. The summed E-state index contributed by atoms with van der Waals surface area (Å²) in [7, 11) is 3.53. The zero-order chi connectivity index (χ0) is 21.4. The van der Waals surface area contributed by atoms with E-state index in [1.807, 2.05) is 53.4 Å². The summed E-state index contributed by atoms with van der Waals surface area (Å²) in [5, 5.41) is 1.02. The number of aromatic nitrogens is 2. The number of rotatable bonds is 6. The van der Waals surface area contributed by atoms with E-state index in [0.29, 0.717) is 5.56 Å². The van der Waals surface area contributed by atoms with Crippen molar-refractivity contribution in [2.75, 3.05) is 33.7 Å². The Morgan fingerprint density at radius 2 is 1.90 bits per heavy atom. The van der Waals surface area contributed by atoms with Crippen molar-refractivity contribution >= 4 is 16.8 Å². The number of piperidine rings is 1. The van der Waals surface area contributed by atoms with Crippen LogP contribution in [0.2, 0.25) is 0 Å². The second-order valence-corrected chi connectivity index (χ2v) is 9.07. The van der Waals surface area contributed by atoms with E-state index in [-0.39, 0.29) is 12.0 Å². The summed E-state index contributed by atoms with van der Waals surface area (Å²) >= 11 is 0. The predicted octanol–water partition coefficient (Wildman–Crippen LogP) is 3.98. The van der Waals surface area contributed by atoms with Crippen molar-refractivity contribution in [3.05, 3.63) is 54.4 Å². The quantitative estimate of drug-likeness (QED) is 0.608. The van der Waals surface area contributed by atoms with Crippen LogP contribution in [-0.4, -0.2) is 65.1 Å². The van der Waals surface area contributed by atoms with Crippen LogP contribution in [0.25, 0.3) is 16.7 Å². The van der Waals surface area contributed by atoms with Crippen LogP contribution in [0.3, 0.4) is 0 Å². The fraction of sp³-hybridized carbons (Fsp3) is 0.440. The molecule has 2 aromatic heterocycles. The number of ether oxygens (including phenoxy) is 1. The third-order valence-corrected chi connectivity index (χ3v) is 6.36. The molecule has 1 saturated carbocycles. The first kappa shape index (κ1) is 20.1. The number of fused-ring (bicyclic) bond motifs is 1. The second-order valence-electron chi connectivity index (χ2n) is 9.07. The minimum Gasteiger partial charge on any atom is -0.489 e. The molecule has 31 heavy (non-hydrogen) atoms. The maximum absolute atomic E-state index is 12.2. The molecule has 6 heteroatoms. The number of carbonyl (C=O) groups excluding carboxylic acids is 1. The molecular weight excluding hydrogens is 388 g/mol. The van der Waals surface area contributed by atoms with E-state index in [1.165, 1.54) is 19.4 Å². The maximum atomic E-state index is 12.2. The molecule has 0 atom stereocenters. The Morgan fingerprint density at radius 3 is 2.58 bits per heavy atom. The molecule has 0 radical (unpaired) electrons. The van der Waals surface area contributed by atoms with Crippen molar-refractivity contribution in [3.8, 4) is 11.6 Å². The monoisotopic (exact) mass is 418 g/mol. The summed E-state index contributed by atoms with van der Waals surface area (Å²) in [5.74, 6) is 2.64. The lowest BCUT2D eigenvalue weighted by Crippen LogP contribution is -2.39. The second kappa shape index (κ2) is 8.35. The lowest BCUT2D eigenvalue weighted by atomic mass is 10.1. The van der Waals surface area contributed by atoms with Crippen molar-refractivity contribution in [1.82, 2.24) is 19.4 Å². The lowest BCUT2D eigenvalue weighted by molar-refractivity contribution is 0.0827. The number of hydrogen-bond donors (Lipinski definition) is 0. The highest BCUT2D eigenvalue weighted by Gasteiger charge is 2.27. The van der Waals surface area contributed by atoms with Gasteiger partial charge in [0.15, 0.2) is 0 Å². The number of amides is 1. The van der Waals surface area contributed by atoms with Gasteiger partial charge >= 0.3 is 0 Å². The van der Waals surface area contributed by atoms with E-state index in [0.717, 1.165) is 54.3 Å². The number of nitrogens with zero attached hydrogens (tertiary/aromatic N) is 4. The first-order valence-electron chi connectivity index (χ1n) is 11.2. The molecule has 2 fully saturated rings. The van der Waals surface area contributed by atoms with Gasteiger partial charge in [-0.3, -0.25) is 4.79 Å². The normalized spacial score (nSPS) is 17.7. The van der Waals surface area contributed by atoms with Gasteiger partial charge in [-0.2, -0.15) is 0 Å². The fourth-order valence-corrected chi connectivity index (χ4v) is 4.39. The Balaban J connectivity index is 1.24. The number of hydrogen-bond acceptors (Lipinski definition) is 4. The van der Waals surface area contributed by atoms with E-state index >= 15 is 0 Å². The first-order valence-corrected chi connectivity index (χ1v) is 11.2. The highest BCUT2D eigenvalue weighted by Crippen LogP contribution is 2.31. The van der Waals surface area contributed by atoms with Crippen molar-refractivity contribution in [2.45, 2.75) is 31.8 Å². The maximum Gasteiger partial charge on any atom is 0.253 e. The van der Waals surface area contributed by atoms with Crippen molar-refractivity contribution in [3.63, 3.8) is 0 Å². The van der Waals surface area contributed by atoms with E-state index in [9.17, 15) is 4.79 Å². The van der Waals surface area contributed by atoms with Gasteiger partial charge in [-0.25, -0.2) is 4.98 Å². The molecule has 3 heterocycles. The van der Waals surface area contributed by atoms with Crippen molar-refractivity contribution in [1.29, 1.82) is 0 Å². The molecule has 6 nitrogen and oxygen atoms in total. The van der Waals surface area contributed by atoms with Crippen molar-refractivity contribution in [2.24, 2.45) is 5.92 Å². The first-order chi connectivity index (χ1) is 15.1. The van der Waals surface area contributed by atoms with Crippen LogP contribution in [-0.2, 0) is 0 Å². The van der Waals surface area contributed by atoms with Gasteiger partial charge in [-0.05, 0) is 68.0 Å². The molecule has 0 bridgehead atoms. The Hall–Kier alpha value is -2.86. The third-order valence-electron chi connectivity index (χ3n) is 6.36. The molecule has 1 aliphatic heterocycles. The minimum absolute atomic E-state index is 0.00708. The Kier molecular flexibility index (Phi) is 5.40. The highest BCUT2D eigenvalue weighted by molar-refractivity contribution is 5.98. The molecule has 3 aromatic rings. The molecule has 162 valence electrons. The van der Waals surface area contributed by atoms with Crippen LogP contribution in [0.15, 0.2) is 48.8 Å². The largest absolute Gasteiger partial charge is 0.489 e. The summed E-state index contributed by atoms with van der Waals surface area (Å²) in [6.07, 6.45) is 9.11. The number of benzene rings is 1. The number of pyridine rings is 1. The molecule has 1 aliphatic carbocycles. The average molecular weight is 419 g/mol. The molecule has 1 amide bonds. The van der Waals surface area contributed by atoms with Gasteiger partial charge in [0, 0.05) is 50.9 Å². The van der Waals surface area contributed by atoms with Gasteiger partial charge in [0.1, 0.15) is 17.7 Å². The summed E-state index contributed by atoms with van der Waals surface area (Å²) in [6.45, 7) is 3.55.